The number of nitrogens with zero attached hydrogens (tertiary/aromatic N) is 3. The van der Waals surface area contributed by atoms with Gasteiger partial charge in [-0.2, -0.15) is 0 Å². The molecular formula is C27H25ClN4O3. The van der Waals surface area contributed by atoms with Gasteiger partial charge in [-0.3, -0.25) is 14.2 Å². The number of aromatic nitrogens is 3. The lowest BCUT2D eigenvalue weighted by Gasteiger charge is -2.38. The monoisotopic (exact) mass is 488 g/mol. The maximum Gasteiger partial charge on any atom is 0.330 e. The van der Waals surface area contributed by atoms with Crippen molar-refractivity contribution >= 4 is 34.5 Å². The van der Waals surface area contributed by atoms with Gasteiger partial charge in [-0.05, 0) is 36.3 Å². The Morgan fingerprint density at radius 2 is 1.80 bits per heavy atom. The predicted molar refractivity (Wildman–Crippen MR) is 138 cm³/mol. The van der Waals surface area contributed by atoms with Crippen LogP contribution >= 0.6 is 11.6 Å². The van der Waals surface area contributed by atoms with Gasteiger partial charge in [-0.25, -0.2) is 4.79 Å². The number of halogens is 1. The van der Waals surface area contributed by atoms with Crippen LogP contribution in [0.1, 0.15) is 41.3 Å². The first-order valence-corrected chi connectivity index (χ1v) is 11.8. The molecule has 2 atom stereocenters. The molecule has 178 valence electrons. The van der Waals surface area contributed by atoms with Crippen molar-refractivity contribution in [2.24, 2.45) is 14.1 Å². The van der Waals surface area contributed by atoms with E-state index in [0.717, 1.165) is 32.3 Å². The molecule has 2 aromatic carbocycles. The molecule has 3 heterocycles. The third-order valence-corrected chi connectivity index (χ3v) is 7.18. The largest absolute Gasteiger partial charge is 0.356 e. The predicted octanol–water partition coefficient (Wildman–Crippen LogP) is 3.97. The van der Waals surface area contributed by atoms with E-state index in [1.807, 2.05) is 49.4 Å². The molecule has 0 spiro atoms. The topological polar surface area (TPSA) is 80.1 Å². The second-order valence-electron chi connectivity index (χ2n) is 8.91. The number of rotatable bonds is 3. The van der Waals surface area contributed by atoms with Gasteiger partial charge in [-0.15, -0.1) is 0 Å². The fourth-order valence-electron chi connectivity index (χ4n) is 4.99. The van der Waals surface area contributed by atoms with Crippen LogP contribution in [0, 0.1) is 0 Å². The highest BCUT2D eigenvalue weighted by atomic mass is 35.5. The fourth-order valence-corrected chi connectivity index (χ4v) is 5.26. The van der Waals surface area contributed by atoms with Crippen molar-refractivity contribution in [2.45, 2.75) is 18.9 Å². The first-order valence-electron chi connectivity index (χ1n) is 11.4. The van der Waals surface area contributed by atoms with Crippen molar-refractivity contribution in [3.8, 4) is 0 Å². The van der Waals surface area contributed by atoms with E-state index in [4.69, 9.17) is 11.6 Å². The number of hydrogen-bond donors (Lipinski definition) is 1. The lowest BCUT2D eigenvalue weighted by molar-refractivity contribution is -0.128. The molecule has 2 aromatic heterocycles. The average Bonchev–Trinajstić information content (AvgIpc) is 3.25. The quantitative estimate of drug-likeness (QED) is 0.443. The van der Waals surface area contributed by atoms with Crippen LogP contribution < -0.4 is 11.2 Å². The molecule has 4 aromatic rings. The van der Waals surface area contributed by atoms with Crippen LogP contribution in [0.25, 0.3) is 17.0 Å². The number of fused-ring (bicyclic) bond motifs is 3. The maximum absolute atomic E-state index is 13.4. The lowest BCUT2D eigenvalue weighted by atomic mass is 9.83. The van der Waals surface area contributed by atoms with Crippen molar-refractivity contribution < 1.29 is 4.79 Å². The summed E-state index contributed by atoms with van der Waals surface area (Å²) in [5.74, 6) is -0.344. The normalized spacial score (nSPS) is 17.8. The van der Waals surface area contributed by atoms with Gasteiger partial charge < -0.3 is 14.5 Å². The number of carbonyl (C=O) groups excluding carboxylic acids is 1. The summed E-state index contributed by atoms with van der Waals surface area (Å²) in [5.41, 5.74) is 3.50. The zero-order valence-electron chi connectivity index (χ0n) is 19.7. The molecule has 1 N–H and O–H groups in total. The summed E-state index contributed by atoms with van der Waals surface area (Å²) in [4.78, 5) is 43.2. The van der Waals surface area contributed by atoms with Crippen LogP contribution in [-0.2, 0) is 18.9 Å². The Morgan fingerprint density at radius 1 is 1.09 bits per heavy atom. The van der Waals surface area contributed by atoms with E-state index < -0.39 is 11.2 Å². The fraction of sp³-hybridized carbons (Fsp3) is 0.222. The molecule has 0 radical (unpaired) electrons. The third-order valence-electron chi connectivity index (χ3n) is 6.83. The van der Waals surface area contributed by atoms with Crippen molar-refractivity contribution in [3.05, 3.63) is 109 Å². The summed E-state index contributed by atoms with van der Waals surface area (Å²) in [7, 11) is 2.99. The van der Waals surface area contributed by atoms with E-state index in [1.54, 1.807) is 11.9 Å². The zero-order chi connectivity index (χ0) is 24.9. The summed E-state index contributed by atoms with van der Waals surface area (Å²) in [6, 6.07) is 15.6. The number of H-pyrrole nitrogens is 1. The minimum absolute atomic E-state index is 0.117. The van der Waals surface area contributed by atoms with Crippen molar-refractivity contribution in [3.63, 3.8) is 0 Å². The number of carbonyl (C=O) groups is 1. The molecule has 35 heavy (non-hydrogen) atoms. The highest BCUT2D eigenvalue weighted by Crippen LogP contribution is 2.44. The Balaban J connectivity index is 1.58. The molecule has 0 bridgehead atoms. The van der Waals surface area contributed by atoms with E-state index in [-0.39, 0.29) is 23.4 Å². The van der Waals surface area contributed by atoms with Gasteiger partial charge in [0.15, 0.2) is 0 Å². The maximum atomic E-state index is 13.4. The van der Waals surface area contributed by atoms with Gasteiger partial charge in [0.05, 0.1) is 11.6 Å². The Labute approximate surface area is 206 Å². The highest BCUT2D eigenvalue weighted by molar-refractivity contribution is 6.31. The van der Waals surface area contributed by atoms with Crippen molar-refractivity contribution in [1.29, 1.82) is 0 Å². The molecule has 1 amide bonds. The summed E-state index contributed by atoms with van der Waals surface area (Å²) in [5, 5.41) is 1.77. The SMILES string of the molecule is CC1c2[nH]c3ccccc3c2C(c2ccccc2Cl)CN1C(=O)/C=C/c1cn(C)c(=O)n(C)c1=O. The molecule has 1 aliphatic rings. The minimum atomic E-state index is -0.448. The number of aromatic amines is 1. The Morgan fingerprint density at radius 3 is 2.57 bits per heavy atom. The number of nitrogens with one attached hydrogen (secondary N) is 1. The Hall–Kier alpha value is -3.84. The molecular weight excluding hydrogens is 464 g/mol. The Kier molecular flexibility index (Phi) is 5.73. The average molecular weight is 489 g/mol. The first-order chi connectivity index (χ1) is 16.8. The van der Waals surface area contributed by atoms with Gasteiger partial charge in [0.2, 0.25) is 5.91 Å². The molecule has 5 rings (SSSR count). The third kappa shape index (κ3) is 3.82. The van der Waals surface area contributed by atoms with Crippen LogP contribution in [0.2, 0.25) is 5.02 Å². The molecule has 8 heteroatoms. The second kappa shape index (κ2) is 8.74. The lowest BCUT2D eigenvalue weighted by Crippen LogP contribution is -2.40. The van der Waals surface area contributed by atoms with Crippen LogP contribution in [-0.4, -0.2) is 31.5 Å². The number of para-hydroxylation sites is 1. The second-order valence-corrected chi connectivity index (χ2v) is 9.32. The molecule has 7 nitrogen and oxygen atoms in total. The first kappa shape index (κ1) is 22.9. The van der Waals surface area contributed by atoms with Crippen LogP contribution in [0.4, 0.5) is 0 Å². The van der Waals surface area contributed by atoms with Crippen molar-refractivity contribution in [2.75, 3.05) is 6.54 Å². The van der Waals surface area contributed by atoms with E-state index in [9.17, 15) is 14.4 Å². The van der Waals surface area contributed by atoms with Gasteiger partial charge in [-0.1, -0.05) is 48.0 Å². The molecule has 1 aliphatic heterocycles. The van der Waals surface area contributed by atoms with Gasteiger partial charge >= 0.3 is 5.69 Å². The van der Waals surface area contributed by atoms with E-state index in [0.29, 0.717) is 11.6 Å². The molecule has 0 fully saturated rings. The van der Waals surface area contributed by atoms with Crippen LogP contribution in [0.15, 0.2) is 70.4 Å². The smallest absolute Gasteiger partial charge is 0.330 e. The summed E-state index contributed by atoms with van der Waals surface area (Å²) in [6.45, 7) is 2.43. The van der Waals surface area contributed by atoms with E-state index in [2.05, 4.69) is 11.1 Å². The number of benzene rings is 2. The van der Waals surface area contributed by atoms with Crippen LogP contribution in [0.5, 0.6) is 0 Å². The highest BCUT2D eigenvalue weighted by Gasteiger charge is 2.37. The summed E-state index contributed by atoms with van der Waals surface area (Å²) in [6.07, 6.45) is 4.31. The van der Waals surface area contributed by atoms with E-state index in [1.165, 1.54) is 30.0 Å². The minimum Gasteiger partial charge on any atom is -0.356 e. The molecule has 2 unspecified atom stereocenters. The summed E-state index contributed by atoms with van der Waals surface area (Å²) >= 11 is 6.61. The number of hydrogen-bond acceptors (Lipinski definition) is 3. The van der Waals surface area contributed by atoms with Gasteiger partial charge in [0.1, 0.15) is 0 Å². The standard InChI is InChI=1S/C27H25ClN4O3/c1-16-25-24(19-9-5-7-11-22(19)29-25)20(18-8-4-6-10-21(18)28)15-32(16)23(33)13-12-17-14-30(2)27(35)31(3)26(17)34/h4-14,16,20,29H,15H2,1-3H3/b13-12+. The van der Waals surface area contributed by atoms with Gasteiger partial charge in [0, 0.05) is 60.5 Å². The summed E-state index contributed by atoms with van der Waals surface area (Å²) < 4.78 is 2.34. The molecule has 0 saturated carbocycles. The van der Waals surface area contributed by atoms with Crippen LogP contribution in [0.3, 0.4) is 0 Å². The Bertz CT molecular complexity index is 1610. The van der Waals surface area contributed by atoms with Gasteiger partial charge in [0.25, 0.3) is 5.56 Å². The van der Waals surface area contributed by atoms with E-state index >= 15 is 0 Å². The molecule has 0 aliphatic carbocycles. The zero-order valence-corrected chi connectivity index (χ0v) is 20.4. The molecule has 0 saturated heterocycles. The number of amides is 1. The van der Waals surface area contributed by atoms with Crippen molar-refractivity contribution in [1.82, 2.24) is 19.0 Å². The number of aryl methyl sites for hydroxylation is 1.